The maximum absolute atomic E-state index is 5.18. The van der Waals surface area contributed by atoms with Crippen LogP contribution in [0.1, 0.15) is 0 Å². The van der Waals surface area contributed by atoms with E-state index in [0.29, 0.717) is 0 Å². The van der Waals surface area contributed by atoms with Crippen LogP contribution in [0.4, 0.5) is 0 Å². The Hall–Kier alpha value is -6.12. The van der Waals surface area contributed by atoms with E-state index >= 15 is 0 Å². The quantitative estimate of drug-likeness (QED) is 0.194. The Balaban J connectivity index is 1.27. The fourth-order valence-corrected chi connectivity index (χ4v) is 7.30. The molecule has 9 aromatic carbocycles. The predicted octanol–water partition coefficient (Wildman–Crippen LogP) is 11.8. The molecule has 2 heteroatoms. The van der Waals surface area contributed by atoms with Crippen molar-refractivity contribution in [2.24, 2.45) is 0 Å². The van der Waals surface area contributed by atoms with Gasteiger partial charge >= 0.3 is 0 Å². The van der Waals surface area contributed by atoms with Crippen LogP contribution in [0.25, 0.3) is 98.5 Å². The zero-order chi connectivity index (χ0) is 30.2. The molecule has 0 aliphatic carbocycles. The van der Waals surface area contributed by atoms with Gasteiger partial charge < -0.3 is 0 Å². The predicted molar refractivity (Wildman–Crippen MR) is 195 cm³/mol. The van der Waals surface area contributed by atoms with Crippen molar-refractivity contribution in [1.82, 2.24) is 9.97 Å². The van der Waals surface area contributed by atoms with Crippen LogP contribution in [-0.2, 0) is 0 Å². The summed E-state index contributed by atoms with van der Waals surface area (Å²) in [5, 5.41) is 12.1. The first-order valence-corrected chi connectivity index (χ1v) is 15.7. The summed E-state index contributed by atoms with van der Waals surface area (Å²) in [5.74, 6) is 0.751. The minimum atomic E-state index is 0.751. The highest BCUT2D eigenvalue weighted by Crippen LogP contribution is 2.44. The second-order valence-electron chi connectivity index (χ2n) is 12.2. The number of hydrogen-bond acceptors (Lipinski definition) is 2. The van der Waals surface area contributed by atoms with E-state index in [9.17, 15) is 0 Å². The number of hydrogen-bond donors (Lipinski definition) is 0. The molecule has 0 aliphatic heterocycles. The topological polar surface area (TPSA) is 25.8 Å². The molecule has 0 saturated carbocycles. The van der Waals surface area contributed by atoms with Crippen LogP contribution in [0.15, 0.2) is 158 Å². The zero-order valence-electron chi connectivity index (χ0n) is 24.9. The van der Waals surface area contributed by atoms with Gasteiger partial charge in [0.15, 0.2) is 5.82 Å². The third-order valence-corrected chi connectivity index (χ3v) is 9.57. The maximum atomic E-state index is 5.18. The molecule has 10 rings (SSSR count). The standard InChI is InChI=1S/C44H26N2/c1-4-10-30-23-33(16-13-27(30)7-1)38-26-39(34-17-14-28-8-2-5-11-31(28)24-34)37-20-22-41-43-40(21-19-36(38)42(37)43)45-44(46-41)35-18-15-29-9-3-6-12-32(29)25-35/h1-26H. The third kappa shape index (κ3) is 3.84. The van der Waals surface area contributed by atoms with Gasteiger partial charge in [0.1, 0.15) is 0 Å². The highest BCUT2D eigenvalue weighted by atomic mass is 14.9. The van der Waals surface area contributed by atoms with Gasteiger partial charge in [-0.2, -0.15) is 0 Å². The van der Waals surface area contributed by atoms with Gasteiger partial charge in [0, 0.05) is 16.3 Å². The van der Waals surface area contributed by atoms with E-state index in [1.807, 2.05) is 0 Å². The van der Waals surface area contributed by atoms with Crippen molar-refractivity contribution in [3.8, 4) is 33.6 Å². The Morgan fingerprint density at radius 3 is 1.20 bits per heavy atom. The fraction of sp³-hybridized carbons (Fsp3) is 0. The van der Waals surface area contributed by atoms with Gasteiger partial charge in [0.05, 0.1) is 11.0 Å². The van der Waals surface area contributed by atoms with Crippen LogP contribution in [0.5, 0.6) is 0 Å². The molecule has 212 valence electrons. The van der Waals surface area contributed by atoms with Crippen LogP contribution >= 0.6 is 0 Å². The van der Waals surface area contributed by atoms with E-state index < -0.39 is 0 Å². The fourth-order valence-electron chi connectivity index (χ4n) is 7.30. The monoisotopic (exact) mass is 582 g/mol. The van der Waals surface area contributed by atoms with Crippen molar-refractivity contribution < 1.29 is 0 Å². The summed E-state index contributed by atoms with van der Waals surface area (Å²) < 4.78 is 0. The highest BCUT2D eigenvalue weighted by molar-refractivity contribution is 6.27. The van der Waals surface area contributed by atoms with Crippen molar-refractivity contribution in [3.05, 3.63) is 158 Å². The Morgan fingerprint density at radius 2 is 0.717 bits per heavy atom. The van der Waals surface area contributed by atoms with Crippen LogP contribution in [0.2, 0.25) is 0 Å². The highest BCUT2D eigenvalue weighted by Gasteiger charge is 2.19. The Morgan fingerprint density at radius 1 is 0.304 bits per heavy atom. The molecule has 0 aliphatic rings. The lowest BCUT2D eigenvalue weighted by molar-refractivity contribution is 1.27. The minimum absolute atomic E-state index is 0.751. The molecule has 0 bridgehead atoms. The average Bonchev–Trinajstić information content (AvgIpc) is 3.12. The second kappa shape index (κ2) is 9.69. The maximum Gasteiger partial charge on any atom is 0.160 e. The van der Waals surface area contributed by atoms with Crippen LogP contribution in [0.3, 0.4) is 0 Å². The number of benzene rings is 9. The molecule has 1 heterocycles. The Bertz CT molecular complexity index is 2660. The van der Waals surface area contributed by atoms with Gasteiger partial charge in [-0.15, -0.1) is 0 Å². The van der Waals surface area contributed by atoms with Gasteiger partial charge in [0.2, 0.25) is 0 Å². The van der Waals surface area contributed by atoms with E-state index in [0.717, 1.165) is 27.8 Å². The lowest BCUT2D eigenvalue weighted by Gasteiger charge is -2.18. The van der Waals surface area contributed by atoms with Crippen molar-refractivity contribution >= 4 is 64.9 Å². The van der Waals surface area contributed by atoms with E-state index in [-0.39, 0.29) is 0 Å². The molecular formula is C44H26N2. The summed E-state index contributed by atoms with van der Waals surface area (Å²) in [5.41, 5.74) is 7.80. The lowest BCUT2D eigenvalue weighted by Crippen LogP contribution is -1.96. The van der Waals surface area contributed by atoms with E-state index in [1.54, 1.807) is 0 Å². The van der Waals surface area contributed by atoms with Crippen LogP contribution < -0.4 is 0 Å². The number of rotatable bonds is 3. The minimum Gasteiger partial charge on any atom is -0.228 e. The van der Waals surface area contributed by atoms with Gasteiger partial charge in [-0.1, -0.05) is 121 Å². The zero-order valence-corrected chi connectivity index (χ0v) is 24.9. The molecule has 2 nitrogen and oxygen atoms in total. The second-order valence-corrected chi connectivity index (χ2v) is 12.2. The first-order chi connectivity index (χ1) is 22.8. The molecule has 10 aromatic rings. The summed E-state index contributed by atoms with van der Waals surface area (Å²) >= 11 is 0. The van der Waals surface area contributed by atoms with Crippen LogP contribution in [0, 0.1) is 0 Å². The normalized spacial score (nSPS) is 11.9. The molecule has 0 radical (unpaired) electrons. The molecule has 1 aromatic heterocycles. The molecule has 0 N–H and O–H groups in total. The molecule has 0 spiro atoms. The molecule has 0 saturated heterocycles. The number of fused-ring (bicyclic) bond motifs is 3. The summed E-state index contributed by atoms with van der Waals surface area (Å²) in [6.07, 6.45) is 0. The first kappa shape index (κ1) is 25.2. The van der Waals surface area contributed by atoms with Gasteiger partial charge in [0.25, 0.3) is 0 Å². The van der Waals surface area contributed by atoms with Crippen molar-refractivity contribution in [1.29, 1.82) is 0 Å². The SMILES string of the molecule is c1ccc2cc(-c3nc4ccc5c(-c6ccc7ccccc7c6)cc(-c6ccc7ccccc7c6)c6ccc(n3)c4c56)ccc2c1. The molecule has 46 heavy (non-hydrogen) atoms. The average molecular weight is 583 g/mol. The van der Waals surface area contributed by atoms with Crippen molar-refractivity contribution in [2.75, 3.05) is 0 Å². The smallest absolute Gasteiger partial charge is 0.160 e. The largest absolute Gasteiger partial charge is 0.228 e. The molecule has 0 fully saturated rings. The lowest BCUT2D eigenvalue weighted by atomic mass is 9.86. The van der Waals surface area contributed by atoms with Gasteiger partial charge in [-0.3, -0.25) is 0 Å². The van der Waals surface area contributed by atoms with Crippen LogP contribution in [-0.4, -0.2) is 9.97 Å². The van der Waals surface area contributed by atoms with Gasteiger partial charge in [-0.25, -0.2) is 9.97 Å². The molecule has 0 unspecified atom stereocenters. The summed E-state index contributed by atoms with van der Waals surface area (Å²) in [6, 6.07) is 57.0. The summed E-state index contributed by atoms with van der Waals surface area (Å²) in [6.45, 7) is 0. The molecule has 0 amide bonds. The third-order valence-electron chi connectivity index (χ3n) is 9.57. The van der Waals surface area contributed by atoms with E-state index in [2.05, 4.69) is 158 Å². The molecular weight excluding hydrogens is 556 g/mol. The van der Waals surface area contributed by atoms with E-state index in [1.165, 1.54) is 70.7 Å². The van der Waals surface area contributed by atoms with E-state index in [4.69, 9.17) is 9.97 Å². The number of nitrogens with zero attached hydrogens (tertiary/aromatic N) is 2. The van der Waals surface area contributed by atoms with Crippen molar-refractivity contribution in [3.63, 3.8) is 0 Å². The molecule has 0 atom stereocenters. The first-order valence-electron chi connectivity index (χ1n) is 15.7. The summed E-state index contributed by atoms with van der Waals surface area (Å²) in [4.78, 5) is 10.4. The summed E-state index contributed by atoms with van der Waals surface area (Å²) in [7, 11) is 0. The number of aromatic nitrogens is 2. The van der Waals surface area contributed by atoms with Gasteiger partial charge in [-0.05, 0) is 102 Å². The Labute approximate surface area is 265 Å². The Kier molecular flexibility index (Phi) is 5.31. The van der Waals surface area contributed by atoms with Crippen molar-refractivity contribution in [2.45, 2.75) is 0 Å².